The second kappa shape index (κ2) is 5.31. The van der Waals surface area contributed by atoms with E-state index >= 15 is 0 Å². The molecule has 18 heavy (non-hydrogen) atoms. The van der Waals surface area contributed by atoms with Gasteiger partial charge in [-0.15, -0.1) is 0 Å². The van der Waals surface area contributed by atoms with Gasteiger partial charge in [0.05, 0.1) is 13.2 Å². The normalized spacial score (nSPS) is 12.9. The third kappa shape index (κ3) is 2.76. The highest BCUT2D eigenvalue weighted by Gasteiger charge is 2.15. The summed E-state index contributed by atoms with van der Waals surface area (Å²) in [6, 6.07) is 10.2. The van der Waals surface area contributed by atoms with Gasteiger partial charge in [0, 0.05) is 0 Å². The largest absolute Gasteiger partial charge is 0.497 e. The van der Waals surface area contributed by atoms with Gasteiger partial charge in [0.25, 0.3) is 6.43 Å². The maximum atomic E-state index is 12.4. The molecule has 0 fully saturated rings. The molecular weight excluding hydrogens is 236 g/mol. The Morgan fingerprint density at radius 3 is 2.44 bits per heavy atom. The molecule has 1 atom stereocenters. The van der Waals surface area contributed by atoms with E-state index in [9.17, 15) is 8.78 Å². The Hall–Kier alpha value is -1.68. The fourth-order valence-corrected chi connectivity index (χ4v) is 1.89. The molecule has 2 aromatic rings. The molecule has 0 saturated heterocycles. The fraction of sp³-hybridized carbons (Fsp3) is 0.286. The maximum absolute atomic E-state index is 12.4. The summed E-state index contributed by atoms with van der Waals surface area (Å²) in [5.41, 5.74) is 6.19. The second-order valence-corrected chi connectivity index (χ2v) is 4.25. The smallest absolute Gasteiger partial charge is 0.253 e. The number of fused-ring (bicyclic) bond motifs is 1. The van der Waals surface area contributed by atoms with E-state index in [0.717, 1.165) is 22.1 Å². The highest BCUT2D eigenvalue weighted by molar-refractivity contribution is 5.84. The SMILES string of the molecule is COc1ccc2cc(CC(N)C(F)F)ccc2c1. The first-order valence-corrected chi connectivity index (χ1v) is 5.70. The average molecular weight is 251 g/mol. The molecule has 2 rings (SSSR count). The number of ether oxygens (including phenoxy) is 1. The molecule has 0 radical (unpaired) electrons. The molecule has 0 aliphatic rings. The Kier molecular flexibility index (Phi) is 3.77. The summed E-state index contributed by atoms with van der Waals surface area (Å²) in [5, 5.41) is 2.01. The quantitative estimate of drug-likeness (QED) is 0.906. The van der Waals surface area contributed by atoms with Crippen molar-refractivity contribution in [3.63, 3.8) is 0 Å². The van der Waals surface area contributed by atoms with Crippen LogP contribution in [0.5, 0.6) is 5.75 Å². The van der Waals surface area contributed by atoms with Crippen LogP contribution >= 0.6 is 0 Å². The van der Waals surface area contributed by atoms with Crippen LogP contribution in [0.2, 0.25) is 0 Å². The van der Waals surface area contributed by atoms with Crippen molar-refractivity contribution in [1.29, 1.82) is 0 Å². The van der Waals surface area contributed by atoms with E-state index in [1.165, 1.54) is 0 Å². The number of methoxy groups -OCH3 is 1. The first-order valence-electron chi connectivity index (χ1n) is 5.70. The summed E-state index contributed by atoms with van der Waals surface area (Å²) in [7, 11) is 1.61. The molecule has 0 aliphatic heterocycles. The van der Waals surface area contributed by atoms with Crippen molar-refractivity contribution in [1.82, 2.24) is 0 Å². The lowest BCUT2D eigenvalue weighted by Crippen LogP contribution is -2.30. The Morgan fingerprint density at radius 2 is 1.78 bits per heavy atom. The van der Waals surface area contributed by atoms with Gasteiger partial charge in [-0.05, 0) is 34.9 Å². The number of hydrogen-bond donors (Lipinski definition) is 1. The van der Waals surface area contributed by atoms with Crippen molar-refractivity contribution >= 4 is 10.8 Å². The molecule has 0 heterocycles. The lowest BCUT2D eigenvalue weighted by molar-refractivity contribution is 0.116. The molecule has 96 valence electrons. The van der Waals surface area contributed by atoms with Crippen LogP contribution in [0.15, 0.2) is 36.4 Å². The fourth-order valence-electron chi connectivity index (χ4n) is 1.89. The van der Waals surface area contributed by atoms with Gasteiger partial charge in [0.1, 0.15) is 5.75 Å². The molecule has 0 bridgehead atoms. The topological polar surface area (TPSA) is 35.2 Å². The number of benzene rings is 2. The number of alkyl halides is 2. The van der Waals surface area contributed by atoms with Gasteiger partial charge in [-0.25, -0.2) is 8.78 Å². The summed E-state index contributed by atoms with van der Waals surface area (Å²) in [6.45, 7) is 0. The van der Waals surface area contributed by atoms with E-state index in [1.807, 2.05) is 36.4 Å². The molecule has 2 aromatic carbocycles. The van der Waals surface area contributed by atoms with Crippen LogP contribution in [-0.2, 0) is 6.42 Å². The van der Waals surface area contributed by atoms with Crippen molar-refractivity contribution in [3.8, 4) is 5.75 Å². The Labute approximate surface area is 104 Å². The lowest BCUT2D eigenvalue weighted by Gasteiger charge is -2.11. The molecule has 2 nitrogen and oxygen atoms in total. The zero-order chi connectivity index (χ0) is 13.1. The van der Waals surface area contributed by atoms with Crippen LogP contribution < -0.4 is 10.5 Å². The predicted octanol–water partition coefficient (Wildman–Crippen LogP) is 2.98. The zero-order valence-corrected chi connectivity index (χ0v) is 10.1. The Balaban J connectivity index is 2.27. The predicted molar refractivity (Wildman–Crippen MR) is 68.2 cm³/mol. The summed E-state index contributed by atoms with van der Waals surface area (Å²) in [4.78, 5) is 0. The summed E-state index contributed by atoms with van der Waals surface area (Å²) in [6.07, 6.45) is -2.31. The molecule has 0 amide bonds. The van der Waals surface area contributed by atoms with Crippen molar-refractivity contribution in [2.45, 2.75) is 18.9 Å². The summed E-state index contributed by atoms with van der Waals surface area (Å²) in [5.74, 6) is 0.777. The third-order valence-electron chi connectivity index (χ3n) is 2.91. The first-order chi connectivity index (χ1) is 8.60. The molecule has 0 saturated carbocycles. The molecule has 2 N–H and O–H groups in total. The minimum absolute atomic E-state index is 0.180. The zero-order valence-electron chi connectivity index (χ0n) is 10.1. The Morgan fingerprint density at radius 1 is 1.11 bits per heavy atom. The van der Waals surface area contributed by atoms with E-state index in [2.05, 4.69) is 0 Å². The van der Waals surface area contributed by atoms with Crippen molar-refractivity contribution in [2.75, 3.05) is 7.11 Å². The minimum Gasteiger partial charge on any atom is -0.497 e. The van der Waals surface area contributed by atoms with Crippen LogP contribution in [0.4, 0.5) is 8.78 Å². The number of halogens is 2. The van der Waals surface area contributed by atoms with E-state index in [0.29, 0.717) is 0 Å². The maximum Gasteiger partial charge on any atom is 0.253 e. The number of nitrogens with two attached hydrogens (primary N) is 1. The van der Waals surface area contributed by atoms with Gasteiger partial charge < -0.3 is 10.5 Å². The van der Waals surface area contributed by atoms with Crippen molar-refractivity contribution < 1.29 is 13.5 Å². The second-order valence-electron chi connectivity index (χ2n) is 4.25. The third-order valence-corrected chi connectivity index (χ3v) is 2.91. The molecule has 4 heteroatoms. The van der Waals surface area contributed by atoms with Crippen LogP contribution in [0.3, 0.4) is 0 Å². The van der Waals surface area contributed by atoms with Gasteiger partial charge in [0.2, 0.25) is 0 Å². The van der Waals surface area contributed by atoms with Gasteiger partial charge in [-0.3, -0.25) is 0 Å². The summed E-state index contributed by atoms with van der Waals surface area (Å²) < 4.78 is 29.9. The molecule has 1 unspecified atom stereocenters. The first kappa shape index (κ1) is 12.8. The lowest BCUT2D eigenvalue weighted by atomic mass is 10.0. The van der Waals surface area contributed by atoms with Gasteiger partial charge in [0.15, 0.2) is 0 Å². The Bertz CT molecular complexity index is 542. The van der Waals surface area contributed by atoms with Crippen LogP contribution in [0, 0.1) is 0 Å². The van der Waals surface area contributed by atoms with E-state index in [4.69, 9.17) is 10.5 Å². The summed E-state index contributed by atoms with van der Waals surface area (Å²) >= 11 is 0. The molecule has 0 spiro atoms. The molecule has 0 aliphatic carbocycles. The average Bonchev–Trinajstić information content (AvgIpc) is 2.37. The monoisotopic (exact) mass is 251 g/mol. The van der Waals surface area contributed by atoms with E-state index in [1.54, 1.807) is 7.11 Å². The molecular formula is C14H15F2NO. The van der Waals surface area contributed by atoms with Crippen LogP contribution in [-0.4, -0.2) is 19.6 Å². The number of hydrogen-bond acceptors (Lipinski definition) is 2. The van der Waals surface area contributed by atoms with Crippen LogP contribution in [0.1, 0.15) is 5.56 Å². The van der Waals surface area contributed by atoms with Gasteiger partial charge in [-0.2, -0.15) is 0 Å². The molecule has 0 aromatic heterocycles. The van der Waals surface area contributed by atoms with Crippen molar-refractivity contribution in [2.24, 2.45) is 5.73 Å². The van der Waals surface area contributed by atoms with E-state index in [-0.39, 0.29) is 6.42 Å². The highest BCUT2D eigenvalue weighted by Crippen LogP contribution is 2.22. The highest BCUT2D eigenvalue weighted by atomic mass is 19.3. The van der Waals surface area contributed by atoms with Gasteiger partial charge >= 0.3 is 0 Å². The number of rotatable bonds is 4. The van der Waals surface area contributed by atoms with Gasteiger partial charge in [-0.1, -0.05) is 24.3 Å². The van der Waals surface area contributed by atoms with E-state index < -0.39 is 12.5 Å². The van der Waals surface area contributed by atoms with Crippen LogP contribution in [0.25, 0.3) is 10.8 Å². The minimum atomic E-state index is -2.49. The van der Waals surface area contributed by atoms with Crippen molar-refractivity contribution in [3.05, 3.63) is 42.0 Å². The standard InChI is InChI=1S/C14H15F2NO/c1-18-12-5-4-10-6-9(2-3-11(10)8-12)7-13(17)14(15)16/h2-6,8,13-14H,7,17H2,1H3.